The third-order valence-electron chi connectivity index (χ3n) is 2.41. The van der Waals surface area contributed by atoms with Crippen LogP contribution in [0.4, 0.5) is 4.79 Å². The number of carbonyl (C=O) groups is 2. The molecule has 1 aliphatic heterocycles. The number of carbonyl (C=O) groups excluding carboxylic acids is 2. The van der Waals surface area contributed by atoms with Crippen LogP contribution < -0.4 is 0 Å². The van der Waals surface area contributed by atoms with E-state index in [9.17, 15) is 9.59 Å². The number of ketones is 1. The molecule has 0 bridgehead atoms. The van der Waals surface area contributed by atoms with Crippen LogP contribution in [0.1, 0.15) is 40.5 Å². The molecule has 0 aromatic rings. The molecule has 17 heavy (non-hydrogen) atoms. The van der Waals surface area contributed by atoms with Crippen molar-refractivity contribution >= 4 is 11.9 Å². The van der Waals surface area contributed by atoms with E-state index >= 15 is 0 Å². The molecule has 1 unspecified atom stereocenters. The van der Waals surface area contributed by atoms with Gasteiger partial charge in [0.2, 0.25) is 0 Å². The van der Waals surface area contributed by atoms with Gasteiger partial charge in [0.05, 0.1) is 0 Å². The second-order valence-corrected chi connectivity index (χ2v) is 5.22. The van der Waals surface area contributed by atoms with Crippen molar-refractivity contribution in [3.05, 3.63) is 12.2 Å². The Morgan fingerprint density at radius 1 is 1.41 bits per heavy atom. The predicted molar refractivity (Wildman–Crippen MR) is 65.8 cm³/mol. The minimum Gasteiger partial charge on any atom is -0.444 e. The summed E-state index contributed by atoms with van der Waals surface area (Å²) in [6.45, 7) is 7.86. The van der Waals surface area contributed by atoms with Gasteiger partial charge in [-0.25, -0.2) is 4.79 Å². The average Bonchev–Trinajstić information content (AvgIpc) is 2.63. The molecule has 0 saturated carbocycles. The molecule has 0 aromatic carbocycles. The monoisotopic (exact) mass is 239 g/mol. The van der Waals surface area contributed by atoms with E-state index in [-0.39, 0.29) is 5.78 Å². The van der Waals surface area contributed by atoms with Gasteiger partial charge in [-0.1, -0.05) is 19.1 Å². The van der Waals surface area contributed by atoms with E-state index in [0.717, 1.165) is 6.42 Å². The number of nitrogens with zero attached hydrogens (tertiary/aromatic N) is 1. The zero-order valence-electron chi connectivity index (χ0n) is 11.0. The van der Waals surface area contributed by atoms with Crippen molar-refractivity contribution in [2.45, 2.75) is 52.2 Å². The Hall–Kier alpha value is -1.32. The van der Waals surface area contributed by atoms with Gasteiger partial charge in [-0.15, -0.1) is 0 Å². The predicted octanol–water partition coefficient (Wildman–Crippen LogP) is 2.53. The normalized spacial score (nSPS) is 19.5. The van der Waals surface area contributed by atoms with E-state index in [0.29, 0.717) is 13.0 Å². The van der Waals surface area contributed by atoms with Crippen molar-refractivity contribution < 1.29 is 14.3 Å². The highest BCUT2D eigenvalue weighted by Crippen LogP contribution is 2.17. The molecule has 0 aromatic heterocycles. The Balaban J connectivity index is 2.65. The van der Waals surface area contributed by atoms with Crippen LogP contribution in [-0.2, 0) is 9.53 Å². The lowest BCUT2D eigenvalue weighted by Crippen LogP contribution is -2.43. The summed E-state index contributed by atoms with van der Waals surface area (Å²) < 4.78 is 5.27. The molecule has 4 nitrogen and oxygen atoms in total. The molecule has 0 fully saturated rings. The average molecular weight is 239 g/mol. The van der Waals surface area contributed by atoms with Crippen LogP contribution in [0, 0.1) is 0 Å². The van der Waals surface area contributed by atoms with E-state index < -0.39 is 17.7 Å². The summed E-state index contributed by atoms with van der Waals surface area (Å²) in [7, 11) is 0. The van der Waals surface area contributed by atoms with E-state index in [2.05, 4.69) is 0 Å². The van der Waals surface area contributed by atoms with Gasteiger partial charge in [0.25, 0.3) is 0 Å². The van der Waals surface area contributed by atoms with E-state index in [4.69, 9.17) is 4.74 Å². The summed E-state index contributed by atoms with van der Waals surface area (Å²) in [6, 6.07) is -0.440. The lowest BCUT2D eigenvalue weighted by Gasteiger charge is -2.27. The highest BCUT2D eigenvalue weighted by Gasteiger charge is 2.32. The Kier molecular flexibility index (Phi) is 4.32. The van der Waals surface area contributed by atoms with Crippen molar-refractivity contribution in [2.75, 3.05) is 6.54 Å². The molecule has 1 aliphatic rings. The summed E-state index contributed by atoms with van der Waals surface area (Å²) in [5.74, 6) is 0.0760. The maximum atomic E-state index is 11.9. The van der Waals surface area contributed by atoms with E-state index in [1.165, 1.54) is 4.90 Å². The minimum atomic E-state index is -0.530. The van der Waals surface area contributed by atoms with Crippen molar-refractivity contribution in [3.8, 4) is 0 Å². The zero-order chi connectivity index (χ0) is 13.1. The number of amides is 1. The van der Waals surface area contributed by atoms with Crippen molar-refractivity contribution in [1.82, 2.24) is 4.90 Å². The van der Waals surface area contributed by atoms with Crippen LogP contribution in [-0.4, -0.2) is 35.0 Å². The number of Topliss-reactive ketones (excluding diaryl/α,β-unsaturated/α-hetero) is 1. The second-order valence-electron chi connectivity index (χ2n) is 5.22. The fourth-order valence-corrected chi connectivity index (χ4v) is 1.70. The van der Waals surface area contributed by atoms with Gasteiger partial charge >= 0.3 is 6.09 Å². The fraction of sp³-hybridized carbons (Fsp3) is 0.692. The van der Waals surface area contributed by atoms with Gasteiger partial charge in [-0.2, -0.15) is 0 Å². The van der Waals surface area contributed by atoms with Crippen LogP contribution in [0.2, 0.25) is 0 Å². The Morgan fingerprint density at radius 3 is 2.59 bits per heavy atom. The van der Waals surface area contributed by atoms with Crippen LogP contribution >= 0.6 is 0 Å². The van der Waals surface area contributed by atoms with Crippen molar-refractivity contribution in [3.63, 3.8) is 0 Å². The molecule has 0 radical (unpaired) electrons. The zero-order valence-corrected chi connectivity index (χ0v) is 11.0. The third-order valence-corrected chi connectivity index (χ3v) is 2.41. The molecule has 4 heteroatoms. The molecule has 0 spiro atoms. The van der Waals surface area contributed by atoms with Gasteiger partial charge in [0.1, 0.15) is 11.6 Å². The minimum absolute atomic E-state index is 0.0760. The van der Waals surface area contributed by atoms with Crippen LogP contribution in [0.3, 0.4) is 0 Å². The van der Waals surface area contributed by atoms with Gasteiger partial charge in [-0.3, -0.25) is 9.69 Å². The van der Waals surface area contributed by atoms with E-state index in [1.54, 1.807) is 6.08 Å². The van der Waals surface area contributed by atoms with Crippen molar-refractivity contribution in [2.24, 2.45) is 0 Å². The second kappa shape index (κ2) is 5.34. The molecule has 0 aliphatic carbocycles. The van der Waals surface area contributed by atoms with Crippen LogP contribution in [0.15, 0.2) is 12.2 Å². The number of ether oxygens (including phenoxy) is 1. The van der Waals surface area contributed by atoms with E-state index in [1.807, 2.05) is 33.8 Å². The maximum absolute atomic E-state index is 11.9. The molecule has 1 heterocycles. The van der Waals surface area contributed by atoms with Crippen molar-refractivity contribution in [1.29, 1.82) is 0 Å². The lowest BCUT2D eigenvalue weighted by atomic mass is 10.1. The number of rotatable bonds is 3. The fourth-order valence-electron chi connectivity index (χ4n) is 1.70. The molecular weight excluding hydrogens is 218 g/mol. The number of hydrogen-bond donors (Lipinski definition) is 0. The molecular formula is C13H21NO3. The van der Waals surface area contributed by atoms with Gasteiger partial charge in [0, 0.05) is 13.0 Å². The summed E-state index contributed by atoms with van der Waals surface area (Å²) in [5.41, 5.74) is -0.530. The number of hydrogen-bond acceptors (Lipinski definition) is 3. The SMILES string of the molecule is CCCC(=O)C1C=CCN1C(=O)OC(C)(C)C. The smallest absolute Gasteiger partial charge is 0.411 e. The molecule has 1 atom stereocenters. The Labute approximate surface area is 103 Å². The highest BCUT2D eigenvalue weighted by molar-refractivity contribution is 5.90. The Morgan fingerprint density at radius 2 is 2.06 bits per heavy atom. The first-order valence-corrected chi connectivity index (χ1v) is 6.04. The maximum Gasteiger partial charge on any atom is 0.411 e. The van der Waals surface area contributed by atoms with Gasteiger partial charge < -0.3 is 4.74 Å². The molecule has 0 saturated heterocycles. The topological polar surface area (TPSA) is 46.6 Å². The molecule has 0 N–H and O–H groups in total. The summed E-state index contributed by atoms with van der Waals surface area (Å²) >= 11 is 0. The van der Waals surface area contributed by atoms with Gasteiger partial charge in [-0.05, 0) is 27.2 Å². The van der Waals surface area contributed by atoms with Gasteiger partial charge in [0.15, 0.2) is 5.78 Å². The largest absolute Gasteiger partial charge is 0.444 e. The van der Waals surface area contributed by atoms with Crippen LogP contribution in [0.25, 0.3) is 0 Å². The molecule has 1 rings (SSSR count). The molecule has 1 amide bonds. The first-order valence-electron chi connectivity index (χ1n) is 6.04. The first-order chi connectivity index (χ1) is 7.85. The summed E-state index contributed by atoms with van der Waals surface area (Å²) in [5, 5.41) is 0. The third kappa shape index (κ3) is 3.88. The quantitative estimate of drug-likeness (QED) is 0.711. The van der Waals surface area contributed by atoms with Crippen LogP contribution in [0.5, 0.6) is 0 Å². The summed E-state index contributed by atoms with van der Waals surface area (Å²) in [6.07, 6.45) is 4.49. The highest BCUT2D eigenvalue weighted by atomic mass is 16.6. The molecule has 96 valence electrons. The Bertz CT molecular complexity index is 328. The summed E-state index contributed by atoms with van der Waals surface area (Å²) in [4.78, 5) is 25.2. The first kappa shape index (κ1) is 13.7. The lowest BCUT2D eigenvalue weighted by molar-refractivity contribution is -0.122. The standard InChI is InChI=1S/C13H21NO3/c1-5-7-11(15)10-8-6-9-14(10)12(16)17-13(2,3)4/h6,8,10H,5,7,9H2,1-4H3.